The van der Waals surface area contributed by atoms with Crippen LogP contribution in [0.25, 0.3) is 10.9 Å². The molecule has 3 amide bonds. The van der Waals surface area contributed by atoms with Gasteiger partial charge < -0.3 is 44.6 Å². The van der Waals surface area contributed by atoms with Crippen LogP contribution >= 0.6 is 11.8 Å². The van der Waals surface area contributed by atoms with Crippen molar-refractivity contribution in [3.63, 3.8) is 0 Å². The maximum absolute atomic E-state index is 13.7. The van der Waals surface area contributed by atoms with Crippen molar-refractivity contribution in [3.8, 4) is 0 Å². The first-order valence-electron chi connectivity index (χ1n) is 19.9. The number of methoxy groups -OCH3 is 1. The van der Waals surface area contributed by atoms with Crippen LogP contribution in [0, 0.1) is 17.8 Å². The minimum absolute atomic E-state index is 0.0310. The lowest BCUT2D eigenvalue weighted by molar-refractivity contribution is -0.148. The molecule has 3 aliphatic rings. The van der Waals surface area contributed by atoms with Crippen molar-refractivity contribution < 1.29 is 42.9 Å². The third-order valence-corrected chi connectivity index (χ3v) is 12.3. The Morgan fingerprint density at radius 1 is 1.07 bits per heavy atom. The summed E-state index contributed by atoms with van der Waals surface area (Å²) in [4.78, 5) is 56.7. The lowest BCUT2D eigenvalue weighted by Gasteiger charge is -2.42. The summed E-state index contributed by atoms with van der Waals surface area (Å²) in [5.74, 6) is -1.10. The molecule has 1 aromatic carbocycles. The number of allylic oxidation sites excluding steroid dienone is 1. The Labute approximate surface area is 335 Å². The number of esters is 1. The molecule has 3 heterocycles. The van der Waals surface area contributed by atoms with Gasteiger partial charge in [0.2, 0.25) is 11.8 Å². The zero-order valence-electron chi connectivity index (χ0n) is 34.4. The van der Waals surface area contributed by atoms with Gasteiger partial charge in [-0.1, -0.05) is 50.6 Å². The number of carbonyl (C=O) groups excluding carboxylic acids is 4. The predicted molar refractivity (Wildman–Crippen MR) is 216 cm³/mol. The fourth-order valence-electron chi connectivity index (χ4n) is 7.93. The monoisotopic (exact) mass is 798 g/mol. The number of aromatic nitrogens is 1. The summed E-state index contributed by atoms with van der Waals surface area (Å²) in [6.45, 7) is 13.9. The number of hydrogen-bond donors (Lipinski definition) is 4. The molecule has 1 saturated carbocycles. The van der Waals surface area contributed by atoms with Gasteiger partial charge in [0, 0.05) is 36.5 Å². The van der Waals surface area contributed by atoms with E-state index in [9.17, 15) is 19.2 Å². The molecule has 2 aliphatic heterocycles. The summed E-state index contributed by atoms with van der Waals surface area (Å²) in [6, 6.07) is 5.22. The number of H-pyrrole nitrogens is 1. The number of rotatable bonds is 19. The Kier molecular flexibility index (Phi) is 14.6. The summed E-state index contributed by atoms with van der Waals surface area (Å²) in [5.41, 5.74) is 2.21. The SMILES string of the molecule is CO[C@@H]1[C@H](OC(=O)N[C@@H](COC(=O)[C@H](C)NC(=O)[C@H](Cc2c[nH]c3ccccc23)NC(=O)[C@@H](C)CCSC)C(C)C)CC[C@]2(CO2)[C@H]1[C@]1(C)O[C@@H]1CC=C(C)C. The second-order valence-electron chi connectivity index (χ2n) is 16.5. The molecule has 0 radical (unpaired) electrons. The summed E-state index contributed by atoms with van der Waals surface area (Å²) >= 11 is 1.66. The summed E-state index contributed by atoms with van der Waals surface area (Å²) in [7, 11) is 1.63. The number of benzene rings is 1. The van der Waals surface area contributed by atoms with E-state index >= 15 is 0 Å². The Bertz CT molecular complexity index is 1720. The Morgan fingerprint density at radius 3 is 2.46 bits per heavy atom. The lowest BCUT2D eigenvalue weighted by Crippen LogP contribution is -2.56. The van der Waals surface area contributed by atoms with Crippen molar-refractivity contribution in [1.82, 2.24) is 20.9 Å². The fourth-order valence-corrected chi connectivity index (χ4v) is 8.52. The van der Waals surface area contributed by atoms with Crippen molar-refractivity contribution in [2.45, 2.75) is 128 Å². The molecule has 310 valence electrons. The van der Waals surface area contributed by atoms with E-state index in [1.165, 1.54) is 12.5 Å². The minimum atomic E-state index is -1.02. The van der Waals surface area contributed by atoms with E-state index in [-0.39, 0.29) is 48.4 Å². The quantitative estimate of drug-likeness (QED) is 0.0813. The average molecular weight is 799 g/mol. The van der Waals surface area contributed by atoms with Gasteiger partial charge in [0.25, 0.3) is 0 Å². The molecule has 14 heteroatoms. The normalized spacial score (nSPS) is 27.5. The van der Waals surface area contributed by atoms with Crippen LogP contribution in [-0.2, 0) is 44.5 Å². The molecule has 4 N–H and O–H groups in total. The van der Waals surface area contributed by atoms with Crippen molar-refractivity contribution in [1.29, 1.82) is 0 Å². The van der Waals surface area contributed by atoms with E-state index in [1.807, 2.05) is 57.5 Å². The van der Waals surface area contributed by atoms with Crippen LogP contribution < -0.4 is 16.0 Å². The van der Waals surface area contributed by atoms with E-state index in [2.05, 4.69) is 47.8 Å². The number of amides is 3. The lowest BCUT2D eigenvalue weighted by atomic mass is 9.68. The van der Waals surface area contributed by atoms with Gasteiger partial charge in [-0.15, -0.1) is 0 Å². The number of hydrogen-bond acceptors (Lipinski definition) is 10. The van der Waals surface area contributed by atoms with Gasteiger partial charge in [0.1, 0.15) is 42.1 Å². The Morgan fingerprint density at radius 2 is 1.80 bits per heavy atom. The van der Waals surface area contributed by atoms with E-state index in [4.69, 9.17) is 23.7 Å². The van der Waals surface area contributed by atoms with Crippen LogP contribution in [0.5, 0.6) is 0 Å². The van der Waals surface area contributed by atoms with Crippen LogP contribution in [0.3, 0.4) is 0 Å². The molecule has 1 aliphatic carbocycles. The molecule has 13 nitrogen and oxygen atoms in total. The zero-order chi connectivity index (χ0) is 40.8. The molecule has 1 aromatic heterocycles. The second-order valence-corrected chi connectivity index (χ2v) is 17.5. The first kappa shape index (κ1) is 43.5. The Balaban J connectivity index is 1.16. The number of ether oxygens (including phenoxy) is 5. The smallest absolute Gasteiger partial charge is 0.407 e. The third kappa shape index (κ3) is 10.5. The second kappa shape index (κ2) is 18.8. The van der Waals surface area contributed by atoms with Gasteiger partial charge in [-0.25, -0.2) is 9.59 Å². The molecule has 0 bridgehead atoms. The average Bonchev–Trinajstić information content (AvgIpc) is 4.04. The minimum Gasteiger partial charge on any atom is -0.462 e. The molecule has 56 heavy (non-hydrogen) atoms. The number of aromatic amines is 1. The number of alkyl carbamates (subject to hydrolysis) is 1. The van der Waals surface area contributed by atoms with Crippen LogP contribution in [0.1, 0.15) is 79.7 Å². The highest BCUT2D eigenvalue weighted by molar-refractivity contribution is 7.98. The maximum atomic E-state index is 13.7. The zero-order valence-corrected chi connectivity index (χ0v) is 35.2. The largest absolute Gasteiger partial charge is 0.462 e. The first-order valence-corrected chi connectivity index (χ1v) is 21.3. The number of thioether (sulfide) groups is 1. The molecular formula is C42H62N4O9S. The maximum Gasteiger partial charge on any atom is 0.407 e. The van der Waals surface area contributed by atoms with Crippen LogP contribution in [0.4, 0.5) is 4.79 Å². The molecule has 2 aromatic rings. The summed E-state index contributed by atoms with van der Waals surface area (Å²) < 4.78 is 30.0. The summed E-state index contributed by atoms with van der Waals surface area (Å²) in [5, 5.41) is 9.51. The van der Waals surface area contributed by atoms with Crippen LogP contribution in [0.15, 0.2) is 42.1 Å². The molecule has 5 rings (SSSR count). The fraction of sp³-hybridized carbons (Fsp3) is 0.667. The highest BCUT2D eigenvalue weighted by Crippen LogP contribution is 2.59. The number of carbonyl (C=O) groups is 4. The molecular weight excluding hydrogens is 737 g/mol. The number of nitrogens with one attached hydrogen (secondary N) is 4. The van der Waals surface area contributed by atoms with Gasteiger partial charge >= 0.3 is 12.1 Å². The van der Waals surface area contributed by atoms with E-state index in [1.54, 1.807) is 18.9 Å². The first-order chi connectivity index (χ1) is 26.6. The van der Waals surface area contributed by atoms with E-state index < -0.39 is 53.9 Å². The standard InChI is InChI=1S/C42H62N4O9S/c1-24(2)14-15-34-41(7,55-34)36-35(51-8)33(16-18-42(36)23-53-42)54-40(50)46-32(25(3)4)22-52-39(49)27(6)44-38(48)31(45-37(47)26(5)17-19-56-9)20-28-21-43-30-13-11-10-12-29(28)30/h10-14,21,25-27,31-36,43H,15-20,22-23H2,1-9H3,(H,44,48)(H,45,47)(H,46,50)/t26-,27-,31-,32-,33+,34+,35+,36+,41+,42-/m0/s1. The highest BCUT2D eigenvalue weighted by atomic mass is 32.2. The van der Waals surface area contributed by atoms with Gasteiger partial charge in [-0.2, -0.15) is 11.8 Å². The van der Waals surface area contributed by atoms with E-state index in [0.29, 0.717) is 19.4 Å². The van der Waals surface area contributed by atoms with Gasteiger partial charge in [0.15, 0.2) is 0 Å². The highest BCUT2D eigenvalue weighted by Gasteiger charge is 2.72. The van der Waals surface area contributed by atoms with Crippen molar-refractivity contribution >= 4 is 46.5 Å². The van der Waals surface area contributed by atoms with Crippen LogP contribution in [-0.4, -0.2) is 109 Å². The summed E-state index contributed by atoms with van der Waals surface area (Å²) in [6.07, 6.45) is 7.43. The number of para-hydroxylation sites is 1. The molecule has 3 fully saturated rings. The van der Waals surface area contributed by atoms with Crippen molar-refractivity contribution in [2.75, 3.05) is 32.3 Å². The van der Waals surface area contributed by atoms with Gasteiger partial charge in [0.05, 0.1) is 24.7 Å². The molecule has 2 saturated heterocycles. The predicted octanol–water partition coefficient (Wildman–Crippen LogP) is 5.46. The molecule has 10 atom stereocenters. The molecule has 0 unspecified atom stereocenters. The number of epoxide rings is 2. The topological polar surface area (TPSA) is 173 Å². The van der Waals surface area contributed by atoms with Gasteiger partial charge in [-0.3, -0.25) is 9.59 Å². The Hall–Kier alpha value is -3.59. The van der Waals surface area contributed by atoms with Crippen LogP contribution in [0.2, 0.25) is 0 Å². The third-order valence-electron chi connectivity index (χ3n) is 11.7. The van der Waals surface area contributed by atoms with Crippen molar-refractivity contribution in [3.05, 3.63) is 47.7 Å². The molecule has 1 spiro atoms. The van der Waals surface area contributed by atoms with E-state index in [0.717, 1.165) is 35.1 Å². The van der Waals surface area contributed by atoms with Crippen molar-refractivity contribution in [2.24, 2.45) is 17.8 Å². The number of fused-ring (bicyclic) bond motifs is 1. The van der Waals surface area contributed by atoms with Gasteiger partial charge in [-0.05, 0) is 82.9 Å².